The first-order valence-corrected chi connectivity index (χ1v) is 8.22. The second kappa shape index (κ2) is 6.66. The highest BCUT2D eigenvalue weighted by Gasteiger charge is 2.25. The van der Waals surface area contributed by atoms with Crippen LogP contribution in [0.1, 0.15) is 35.6 Å². The molecule has 0 saturated carbocycles. The number of rotatable bonds is 4. The lowest BCUT2D eigenvalue weighted by molar-refractivity contribution is 0.206. The zero-order chi connectivity index (χ0) is 16.4. The molecule has 6 heteroatoms. The van der Waals surface area contributed by atoms with E-state index < -0.39 is 0 Å². The first-order chi connectivity index (χ1) is 11.0. The molecule has 1 aliphatic rings. The molecular weight excluding hydrogens is 290 g/mol. The van der Waals surface area contributed by atoms with Gasteiger partial charge in [0.2, 0.25) is 0 Å². The van der Waals surface area contributed by atoms with Gasteiger partial charge in [0.15, 0.2) is 5.82 Å². The molecule has 3 rings (SSSR count). The predicted octanol–water partition coefficient (Wildman–Crippen LogP) is 2.49. The Bertz CT molecular complexity index is 632. The van der Waals surface area contributed by atoms with Crippen LogP contribution in [0.15, 0.2) is 16.7 Å². The fourth-order valence-electron chi connectivity index (χ4n) is 3.19. The van der Waals surface area contributed by atoms with Crippen LogP contribution >= 0.6 is 0 Å². The van der Waals surface area contributed by atoms with Crippen molar-refractivity contribution in [3.63, 3.8) is 0 Å². The van der Waals surface area contributed by atoms with Gasteiger partial charge < -0.3 is 9.42 Å². The number of anilines is 1. The summed E-state index contributed by atoms with van der Waals surface area (Å²) in [6.07, 6.45) is 2.38. The summed E-state index contributed by atoms with van der Waals surface area (Å²) in [5.41, 5.74) is 3.16. The van der Waals surface area contributed by atoms with Gasteiger partial charge in [0.1, 0.15) is 5.76 Å². The smallest absolute Gasteiger partial charge is 0.151 e. The molecule has 3 heterocycles. The highest BCUT2D eigenvalue weighted by molar-refractivity contribution is 5.38. The first kappa shape index (κ1) is 15.9. The van der Waals surface area contributed by atoms with Crippen molar-refractivity contribution in [3.05, 3.63) is 34.8 Å². The largest absolute Gasteiger partial charge is 0.361 e. The molecule has 0 amide bonds. The molecule has 1 aliphatic heterocycles. The molecular formula is C17H25N5O. The van der Waals surface area contributed by atoms with Crippen LogP contribution in [0.3, 0.4) is 0 Å². The average molecular weight is 315 g/mol. The quantitative estimate of drug-likeness (QED) is 0.864. The molecule has 0 N–H and O–H groups in total. The van der Waals surface area contributed by atoms with Crippen molar-refractivity contribution in [3.8, 4) is 0 Å². The molecule has 0 spiro atoms. The van der Waals surface area contributed by atoms with Crippen molar-refractivity contribution in [1.29, 1.82) is 0 Å². The zero-order valence-electron chi connectivity index (χ0n) is 14.4. The zero-order valence-corrected chi connectivity index (χ0v) is 14.4. The predicted molar refractivity (Wildman–Crippen MR) is 89.4 cm³/mol. The van der Waals surface area contributed by atoms with Gasteiger partial charge in [0.05, 0.1) is 11.4 Å². The van der Waals surface area contributed by atoms with Crippen LogP contribution in [0.5, 0.6) is 0 Å². The maximum atomic E-state index is 5.28. The Labute approximate surface area is 137 Å². The molecule has 0 aromatic carbocycles. The van der Waals surface area contributed by atoms with E-state index in [1.165, 1.54) is 18.4 Å². The Balaban J connectivity index is 1.67. The van der Waals surface area contributed by atoms with Crippen LogP contribution in [0, 0.1) is 20.8 Å². The molecule has 1 atom stereocenters. The molecule has 23 heavy (non-hydrogen) atoms. The number of hydrogen-bond donors (Lipinski definition) is 0. The van der Waals surface area contributed by atoms with Crippen LogP contribution in [0.4, 0.5) is 5.82 Å². The molecule has 124 valence electrons. The van der Waals surface area contributed by atoms with E-state index in [4.69, 9.17) is 4.52 Å². The minimum atomic E-state index is 0.501. The Hall–Kier alpha value is -1.95. The Kier molecular flexibility index (Phi) is 4.61. The van der Waals surface area contributed by atoms with Gasteiger partial charge >= 0.3 is 0 Å². The number of hydrogen-bond acceptors (Lipinski definition) is 6. The van der Waals surface area contributed by atoms with Crippen LogP contribution in [0.25, 0.3) is 0 Å². The topological polar surface area (TPSA) is 58.3 Å². The van der Waals surface area contributed by atoms with Gasteiger partial charge in [-0.05, 0) is 52.8 Å². The minimum absolute atomic E-state index is 0.501. The summed E-state index contributed by atoms with van der Waals surface area (Å²) in [7, 11) is 2.18. The second-order valence-corrected chi connectivity index (χ2v) is 6.49. The maximum absolute atomic E-state index is 5.28. The Morgan fingerprint density at radius 3 is 2.74 bits per heavy atom. The number of aromatic nitrogens is 3. The van der Waals surface area contributed by atoms with Crippen molar-refractivity contribution in [2.75, 3.05) is 25.0 Å². The lowest BCUT2D eigenvalue weighted by Crippen LogP contribution is -2.46. The van der Waals surface area contributed by atoms with Gasteiger partial charge in [-0.3, -0.25) is 4.90 Å². The highest BCUT2D eigenvalue weighted by Crippen LogP contribution is 2.22. The third-order valence-electron chi connectivity index (χ3n) is 4.72. The second-order valence-electron chi connectivity index (χ2n) is 6.49. The fraction of sp³-hybridized carbons (Fsp3) is 0.588. The minimum Gasteiger partial charge on any atom is -0.361 e. The Morgan fingerprint density at radius 2 is 2.09 bits per heavy atom. The lowest BCUT2D eigenvalue weighted by Gasteiger charge is -2.38. The molecule has 0 unspecified atom stereocenters. The normalized spacial score (nSPS) is 18.7. The molecule has 0 aliphatic carbocycles. The summed E-state index contributed by atoms with van der Waals surface area (Å²) in [5.74, 6) is 1.90. The summed E-state index contributed by atoms with van der Waals surface area (Å²) >= 11 is 0. The average Bonchev–Trinajstić information content (AvgIpc) is 2.87. The summed E-state index contributed by atoms with van der Waals surface area (Å²) < 4.78 is 5.28. The molecule has 1 saturated heterocycles. The van der Waals surface area contributed by atoms with Gasteiger partial charge in [0.25, 0.3) is 0 Å². The van der Waals surface area contributed by atoms with Crippen LogP contribution in [-0.4, -0.2) is 46.4 Å². The van der Waals surface area contributed by atoms with Crippen LogP contribution in [0.2, 0.25) is 0 Å². The van der Waals surface area contributed by atoms with E-state index in [0.29, 0.717) is 6.04 Å². The molecule has 1 fully saturated rings. The standard InChI is InChI=1S/C17H25N5O/c1-12-7-8-17(19-18-12)22-9-5-6-15(10-22)21(4)11-16-13(2)20-23-14(16)3/h7-8,15H,5-6,9-11H2,1-4H3/t15-/m1/s1. The van der Waals surface area contributed by atoms with Gasteiger partial charge in [-0.15, -0.1) is 5.10 Å². The third-order valence-corrected chi connectivity index (χ3v) is 4.72. The molecule has 6 nitrogen and oxygen atoms in total. The SMILES string of the molecule is Cc1ccc(N2CCC[C@@H](N(C)Cc3c(C)noc3C)C2)nn1. The van der Waals surface area contributed by atoms with Crippen LogP contribution in [-0.2, 0) is 6.54 Å². The van der Waals surface area contributed by atoms with E-state index in [2.05, 4.69) is 38.3 Å². The Morgan fingerprint density at radius 1 is 1.26 bits per heavy atom. The molecule has 2 aromatic rings. The van der Waals surface area contributed by atoms with E-state index in [0.717, 1.165) is 42.6 Å². The third kappa shape index (κ3) is 3.52. The molecule has 2 aromatic heterocycles. The first-order valence-electron chi connectivity index (χ1n) is 8.22. The van der Waals surface area contributed by atoms with Gasteiger partial charge in [0, 0.05) is 31.2 Å². The number of likely N-dealkylation sites (N-methyl/N-ethyl adjacent to an activating group) is 1. The summed E-state index contributed by atoms with van der Waals surface area (Å²) in [6, 6.07) is 4.60. The van der Waals surface area contributed by atoms with E-state index in [1.807, 2.05) is 26.8 Å². The van der Waals surface area contributed by atoms with Crippen molar-refractivity contribution in [1.82, 2.24) is 20.3 Å². The van der Waals surface area contributed by atoms with Crippen molar-refractivity contribution in [2.45, 2.75) is 46.2 Å². The van der Waals surface area contributed by atoms with Crippen molar-refractivity contribution in [2.24, 2.45) is 0 Å². The number of nitrogens with zero attached hydrogens (tertiary/aromatic N) is 5. The lowest BCUT2D eigenvalue weighted by atomic mass is 10.0. The van der Waals surface area contributed by atoms with Crippen LogP contribution < -0.4 is 4.90 Å². The number of piperidine rings is 1. The summed E-state index contributed by atoms with van der Waals surface area (Å²) in [5, 5.41) is 12.6. The monoisotopic (exact) mass is 315 g/mol. The summed E-state index contributed by atoms with van der Waals surface area (Å²) in [6.45, 7) is 8.87. The molecule has 0 radical (unpaired) electrons. The molecule has 0 bridgehead atoms. The van der Waals surface area contributed by atoms with E-state index in [1.54, 1.807) is 0 Å². The van der Waals surface area contributed by atoms with E-state index in [9.17, 15) is 0 Å². The van der Waals surface area contributed by atoms with Gasteiger partial charge in [-0.25, -0.2) is 0 Å². The highest BCUT2D eigenvalue weighted by atomic mass is 16.5. The summed E-state index contributed by atoms with van der Waals surface area (Å²) in [4.78, 5) is 4.74. The van der Waals surface area contributed by atoms with Crippen molar-refractivity contribution >= 4 is 5.82 Å². The van der Waals surface area contributed by atoms with Crippen molar-refractivity contribution < 1.29 is 4.52 Å². The number of aryl methyl sites for hydroxylation is 3. The van der Waals surface area contributed by atoms with E-state index >= 15 is 0 Å². The fourth-order valence-corrected chi connectivity index (χ4v) is 3.19. The van der Waals surface area contributed by atoms with E-state index in [-0.39, 0.29) is 0 Å². The van der Waals surface area contributed by atoms with Gasteiger partial charge in [-0.2, -0.15) is 5.10 Å². The van der Waals surface area contributed by atoms with Gasteiger partial charge in [-0.1, -0.05) is 5.16 Å². The maximum Gasteiger partial charge on any atom is 0.151 e.